The standard InChI is InChI=1S/C33H43N7S/c1-26-12-8-11-19-40(26)30-24-29(39-22-20-38(21-23-39)28-15-6-3-7-16-28)35-31(36-30)37-32(41)34-25-33(17-9-10-18-33)27-13-4-2-5-14-27/h2-7,13-16,24,26H,8-12,17-23,25H2,1H3,(H2,34,35,36,37,41)/t26-/m0/s1. The molecule has 6 rings (SSSR count). The Hall–Kier alpha value is -3.39. The summed E-state index contributed by atoms with van der Waals surface area (Å²) >= 11 is 5.83. The number of hydrogen-bond acceptors (Lipinski definition) is 6. The lowest BCUT2D eigenvalue weighted by Crippen LogP contribution is -2.47. The van der Waals surface area contributed by atoms with Crippen LogP contribution in [0.5, 0.6) is 0 Å². The maximum absolute atomic E-state index is 5.83. The lowest BCUT2D eigenvalue weighted by molar-refractivity contribution is 0.435. The summed E-state index contributed by atoms with van der Waals surface area (Å²) < 4.78 is 0. The number of anilines is 4. The van der Waals surface area contributed by atoms with Crippen molar-refractivity contribution < 1.29 is 0 Å². The number of nitrogens with zero attached hydrogens (tertiary/aromatic N) is 5. The van der Waals surface area contributed by atoms with Gasteiger partial charge in [0, 0.05) is 62.5 Å². The van der Waals surface area contributed by atoms with Gasteiger partial charge in [-0.15, -0.1) is 0 Å². The van der Waals surface area contributed by atoms with Gasteiger partial charge in [0.2, 0.25) is 5.95 Å². The van der Waals surface area contributed by atoms with Crippen molar-refractivity contribution in [2.45, 2.75) is 63.3 Å². The molecule has 2 saturated heterocycles. The normalized spacial score (nSPS) is 20.6. The molecule has 1 aromatic heterocycles. The number of benzene rings is 2. The minimum absolute atomic E-state index is 0.128. The molecule has 0 amide bonds. The molecule has 3 fully saturated rings. The highest BCUT2D eigenvalue weighted by Crippen LogP contribution is 2.40. The Bertz CT molecular complexity index is 1290. The summed E-state index contributed by atoms with van der Waals surface area (Å²) in [5, 5.41) is 7.52. The van der Waals surface area contributed by atoms with Crippen LogP contribution in [0.4, 0.5) is 23.3 Å². The van der Waals surface area contributed by atoms with Crippen molar-refractivity contribution in [2.75, 3.05) is 59.3 Å². The first-order valence-electron chi connectivity index (χ1n) is 15.4. The number of thiocarbonyl (C=S) groups is 1. The van der Waals surface area contributed by atoms with Gasteiger partial charge in [0.25, 0.3) is 0 Å². The quantitative estimate of drug-likeness (QED) is 0.337. The molecule has 0 unspecified atom stereocenters. The summed E-state index contributed by atoms with van der Waals surface area (Å²) in [6, 6.07) is 24.3. The van der Waals surface area contributed by atoms with Crippen molar-refractivity contribution in [1.29, 1.82) is 0 Å². The first kappa shape index (κ1) is 27.8. The van der Waals surface area contributed by atoms with Crippen LogP contribution in [0, 0.1) is 0 Å². The van der Waals surface area contributed by atoms with E-state index < -0.39 is 0 Å². The molecule has 216 valence electrons. The second-order valence-electron chi connectivity index (χ2n) is 11.9. The molecule has 1 aliphatic carbocycles. The van der Waals surface area contributed by atoms with E-state index in [1.54, 1.807) is 0 Å². The van der Waals surface area contributed by atoms with Gasteiger partial charge in [-0.1, -0.05) is 61.4 Å². The highest BCUT2D eigenvalue weighted by Gasteiger charge is 2.35. The van der Waals surface area contributed by atoms with Crippen molar-refractivity contribution in [2.24, 2.45) is 0 Å². The molecule has 8 heteroatoms. The van der Waals surface area contributed by atoms with Crippen LogP contribution in [0.1, 0.15) is 57.4 Å². The molecule has 2 aromatic carbocycles. The van der Waals surface area contributed by atoms with Crippen molar-refractivity contribution in [3.05, 3.63) is 72.3 Å². The molecule has 1 saturated carbocycles. The average molecular weight is 570 g/mol. The van der Waals surface area contributed by atoms with Crippen LogP contribution in [-0.2, 0) is 5.41 Å². The number of para-hydroxylation sites is 1. The molecule has 2 aliphatic heterocycles. The second-order valence-corrected chi connectivity index (χ2v) is 12.3. The van der Waals surface area contributed by atoms with Gasteiger partial charge in [0.1, 0.15) is 11.6 Å². The largest absolute Gasteiger partial charge is 0.368 e. The lowest BCUT2D eigenvalue weighted by atomic mass is 9.79. The Morgan fingerprint density at radius 2 is 1.49 bits per heavy atom. The highest BCUT2D eigenvalue weighted by atomic mass is 32.1. The van der Waals surface area contributed by atoms with Crippen LogP contribution < -0.4 is 25.3 Å². The van der Waals surface area contributed by atoms with E-state index in [1.807, 2.05) is 0 Å². The van der Waals surface area contributed by atoms with Gasteiger partial charge in [-0.2, -0.15) is 9.97 Å². The Morgan fingerprint density at radius 3 is 2.20 bits per heavy atom. The Kier molecular flexibility index (Phi) is 8.56. The smallest absolute Gasteiger partial charge is 0.232 e. The van der Waals surface area contributed by atoms with E-state index in [2.05, 4.69) is 99.0 Å². The zero-order valence-electron chi connectivity index (χ0n) is 24.3. The van der Waals surface area contributed by atoms with Gasteiger partial charge in [-0.3, -0.25) is 0 Å². The van der Waals surface area contributed by atoms with Gasteiger partial charge in [-0.25, -0.2) is 0 Å². The summed E-state index contributed by atoms with van der Waals surface area (Å²) in [6.45, 7) is 7.93. The Balaban J connectivity index is 1.18. The average Bonchev–Trinajstić information content (AvgIpc) is 3.51. The van der Waals surface area contributed by atoms with Crippen molar-refractivity contribution in [3.8, 4) is 0 Å². The number of piperidine rings is 1. The Morgan fingerprint density at radius 1 is 0.829 bits per heavy atom. The molecule has 0 radical (unpaired) electrons. The molecule has 41 heavy (non-hydrogen) atoms. The van der Waals surface area contributed by atoms with Crippen molar-refractivity contribution >= 4 is 40.6 Å². The van der Waals surface area contributed by atoms with Crippen LogP contribution in [-0.4, -0.2) is 60.4 Å². The predicted molar refractivity (Wildman–Crippen MR) is 174 cm³/mol. The summed E-state index contributed by atoms with van der Waals surface area (Å²) in [6.07, 6.45) is 8.56. The van der Waals surface area contributed by atoms with E-state index >= 15 is 0 Å². The number of piperazine rings is 1. The third-order valence-corrected chi connectivity index (χ3v) is 9.53. The molecule has 2 N–H and O–H groups in total. The van der Waals surface area contributed by atoms with Crippen LogP contribution in [0.2, 0.25) is 0 Å². The zero-order valence-corrected chi connectivity index (χ0v) is 25.1. The van der Waals surface area contributed by atoms with E-state index in [4.69, 9.17) is 22.2 Å². The molecule has 3 heterocycles. The molecule has 3 aromatic rings. The van der Waals surface area contributed by atoms with E-state index in [-0.39, 0.29) is 5.41 Å². The van der Waals surface area contributed by atoms with Gasteiger partial charge in [-0.05, 0) is 68.9 Å². The third-order valence-electron chi connectivity index (χ3n) is 9.28. The molecule has 0 spiro atoms. The molecule has 1 atom stereocenters. The molecular formula is C33H43N7S. The molecular weight excluding hydrogens is 526 g/mol. The zero-order chi connectivity index (χ0) is 28.1. The van der Waals surface area contributed by atoms with E-state index in [0.717, 1.165) is 50.9 Å². The SMILES string of the molecule is C[C@H]1CCCCN1c1cc(N2CCN(c3ccccc3)CC2)nc(NC(=S)NCC2(c3ccccc3)CCCC2)n1. The van der Waals surface area contributed by atoms with Gasteiger partial charge >= 0.3 is 0 Å². The van der Waals surface area contributed by atoms with E-state index in [9.17, 15) is 0 Å². The number of nitrogens with one attached hydrogen (secondary N) is 2. The van der Waals surface area contributed by atoms with Crippen LogP contribution in [0.15, 0.2) is 66.7 Å². The molecule has 0 bridgehead atoms. The predicted octanol–water partition coefficient (Wildman–Crippen LogP) is 5.98. The summed E-state index contributed by atoms with van der Waals surface area (Å²) in [5.41, 5.74) is 2.82. The summed E-state index contributed by atoms with van der Waals surface area (Å²) in [4.78, 5) is 17.3. The Labute approximate surface area is 250 Å². The van der Waals surface area contributed by atoms with Crippen molar-refractivity contribution in [1.82, 2.24) is 15.3 Å². The fourth-order valence-corrected chi connectivity index (χ4v) is 7.03. The molecule has 3 aliphatic rings. The summed E-state index contributed by atoms with van der Waals surface area (Å²) in [7, 11) is 0. The van der Waals surface area contributed by atoms with Gasteiger partial charge in [0.05, 0.1) is 0 Å². The minimum atomic E-state index is 0.128. The monoisotopic (exact) mass is 569 g/mol. The van der Waals surface area contributed by atoms with Crippen molar-refractivity contribution in [3.63, 3.8) is 0 Å². The van der Waals surface area contributed by atoms with E-state index in [0.29, 0.717) is 17.1 Å². The van der Waals surface area contributed by atoms with E-state index in [1.165, 1.54) is 56.2 Å². The first-order valence-corrected chi connectivity index (χ1v) is 15.8. The van der Waals surface area contributed by atoms with Gasteiger partial charge in [0.15, 0.2) is 5.11 Å². The second kappa shape index (κ2) is 12.6. The minimum Gasteiger partial charge on any atom is -0.368 e. The first-order chi connectivity index (χ1) is 20.1. The topological polar surface area (TPSA) is 59.6 Å². The maximum atomic E-state index is 5.83. The third kappa shape index (κ3) is 6.43. The fourth-order valence-electron chi connectivity index (χ4n) is 6.86. The number of aromatic nitrogens is 2. The summed E-state index contributed by atoms with van der Waals surface area (Å²) in [5.74, 6) is 2.55. The van der Waals surface area contributed by atoms with Crippen LogP contribution >= 0.6 is 12.2 Å². The maximum Gasteiger partial charge on any atom is 0.232 e. The number of rotatable bonds is 7. The van der Waals surface area contributed by atoms with Gasteiger partial charge < -0.3 is 25.3 Å². The van der Waals surface area contributed by atoms with Crippen LogP contribution in [0.3, 0.4) is 0 Å². The molecule has 7 nitrogen and oxygen atoms in total. The lowest BCUT2D eigenvalue weighted by Gasteiger charge is -2.38. The highest BCUT2D eigenvalue weighted by molar-refractivity contribution is 7.80. The fraction of sp³-hybridized carbons (Fsp3) is 0.485. The van der Waals surface area contributed by atoms with Crippen LogP contribution in [0.25, 0.3) is 0 Å². The number of hydrogen-bond donors (Lipinski definition) is 2.